The van der Waals surface area contributed by atoms with Crippen LogP contribution in [0, 0.1) is 0 Å². The number of amides is 1. The van der Waals surface area contributed by atoms with Crippen LogP contribution in [0.2, 0.25) is 0 Å². The number of likely N-dealkylation sites (N-methyl/N-ethyl adjacent to an activating group) is 1. The van der Waals surface area contributed by atoms with Gasteiger partial charge in [0.1, 0.15) is 5.76 Å². The molecule has 2 fully saturated rings. The van der Waals surface area contributed by atoms with Crippen molar-refractivity contribution in [3.63, 3.8) is 0 Å². The molecule has 2 saturated heterocycles. The summed E-state index contributed by atoms with van der Waals surface area (Å²) in [7, 11) is 2.06. The van der Waals surface area contributed by atoms with E-state index in [0.717, 1.165) is 70.3 Å². The van der Waals surface area contributed by atoms with E-state index in [-0.39, 0.29) is 35.9 Å². The minimum Gasteiger partial charge on any atom is -0.469 e. The summed E-state index contributed by atoms with van der Waals surface area (Å²) >= 11 is 0. The Morgan fingerprint density at radius 3 is 2.47 bits per heavy atom. The molecule has 1 N–H and O–H groups in total. The van der Waals surface area contributed by atoms with Crippen LogP contribution in [0.15, 0.2) is 58.1 Å². The van der Waals surface area contributed by atoms with E-state index >= 15 is 0 Å². The number of carbonyl (C=O) groups excluding carboxylic acids is 1. The Labute approximate surface area is 207 Å². The third-order valence-electron chi connectivity index (χ3n) is 6.19. The highest BCUT2D eigenvalue weighted by molar-refractivity contribution is 14.0. The van der Waals surface area contributed by atoms with E-state index in [1.54, 1.807) is 6.26 Å². The average Bonchev–Trinajstić information content (AvgIpc) is 3.48. The second-order valence-electron chi connectivity index (χ2n) is 8.33. The quantitative estimate of drug-likeness (QED) is 0.340. The van der Waals surface area contributed by atoms with Crippen LogP contribution in [0.1, 0.15) is 24.2 Å². The number of furan rings is 1. The molecule has 0 spiro atoms. The van der Waals surface area contributed by atoms with Crippen LogP contribution in [0.25, 0.3) is 0 Å². The molecule has 0 saturated carbocycles. The Hall–Kier alpha value is -2.07. The van der Waals surface area contributed by atoms with Crippen molar-refractivity contribution in [2.24, 2.45) is 4.99 Å². The average molecular weight is 551 g/mol. The van der Waals surface area contributed by atoms with Crippen molar-refractivity contribution < 1.29 is 9.21 Å². The van der Waals surface area contributed by atoms with Gasteiger partial charge in [0, 0.05) is 39.1 Å². The number of aliphatic imine (C=N–C) groups is 1. The van der Waals surface area contributed by atoms with Crippen molar-refractivity contribution in [2.45, 2.75) is 31.8 Å². The highest BCUT2D eigenvalue weighted by Crippen LogP contribution is 2.18. The summed E-state index contributed by atoms with van der Waals surface area (Å²) in [6.45, 7) is 5.49. The summed E-state index contributed by atoms with van der Waals surface area (Å²) in [4.78, 5) is 24.3. The number of guanidine groups is 1. The van der Waals surface area contributed by atoms with Crippen molar-refractivity contribution in [1.82, 2.24) is 20.0 Å². The third kappa shape index (κ3) is 6.48. The van der Waals surface area contributed by atoms with Crippen molar-refractivity contribution in [1.29, 1.82) is 0 Å². The van der Waals surface area contributed by atoms with E-state index in [2.05, 4.69) is 34.3 Å². The Balaban J connectivity index is 0.00000289. The van der Waals surface area contributed by atoms with Gasteiger partial charge >= 0.3 is 0 Å². The van der Waals surface area contributed by atoms with Crippen LogP contribution in [-0.4, -0.2) is 78.9 Å². The second-order valence-corrected chi connectivity index (χ2v) is 8.33. The number of likely N-dealkylation sites (tertiary alicyclic amines) is 1. The summed E-state index contributed by atoms with van der Waals surface area (Å²) in [6, 6.07) is 14.3. The molecule has 1 unspecified atom stereocenters. The minimum atomic E-state index is 0. The summed E-state index contributed by atoms with van der Waals surface area (Å²) in [5.41, 5.74) is 1.19. The summed E-state index contributed by atoms with van der Waals surface area (Å²) in [6.07, 6.45) is 4.61. The standard InChI is InChI=1S/C24H33N5O2.HI/c1-27-13-5-10-22(27)23(30)28-14-16-29(17-15-28)24(25-12-11-21-9-6-18-31-21)26-19-20-7-3-2-4-8-20;/h2-4,6-9,18,22H,5,10-17,19H2,1H3,(H,25,26);1H. The maximum absolute atomic E-state index is 12.9. The maximum Gasteiger partial charge on any atom is 0.240 e. The van der Waals surface area contributed by atoms with Crippen molar-refractivity contribution in [3.8, 4) is 0 Å². The number of nitrogens with zero attached hydrogens (tertiary/aromatic N) is 4. The van der Waals surface area contributed by atoms with Gasteiger partial charge in [-0.05, 0) is 44.1 Å². The predicted molar refractivity (Wildman–Crippen MR) is 137 cm³/mol. The zero-order valence-electron chi connectivity index (χ0n) is 18.8. The van der Waals surface area contributed by atoms with E-state index in [0.29, 0.717) is 6.54 Å². The lowest BCUT2D eigenvalue weighted by atomic mass is 10.1. The fraction of sp³-hybridized carbons (Fsp3) is 0.500. The van der Waals surface area contributed by atoms with Gasteiger partial charge < -0.3 is 19.5 Å². The number of benzene rings is 1. The van der Waals surface area contributed by atoms with Gasteiger partial charge in [-0.15, -0.1) is 24.0 Å². The predicted octanol–water partition coefficient (Wildman–Crippen LogP) is 2.82. The molecule has 0 radical (unpaired) electrons. The lowest BCUT2D eigenvalue weighted by Crippen LogP contribution is -2.56. The van der Waals surface area contributed by atoms with Crippen molar-refractivity contribution in [3.05, 3.63) is 60.1 Å². The molecule has 1 atom stereocenters. The molecular weight excluding hydrogens is 517 g/mol. The van der Waals surface area contributed by atoms with Gasteiger partial charge in [-0.25, -0.2) is 4.99 Å². The number of nitrogens with one attached hydrogen (secondary N) is 1. The second kappa shape index (κ2) is 12.2. The fourth-order valence-corrected chi connectivity index (χ4v) is 4.34. The first-order chi connectivity index (χ1) is 15.2. The van der Waals surface area contributed by atoms with Crippen LogP contribution in [0.5, 0.6) is 0 Å². The highest BCUT2D eigenvalue weighted by atomic mass is 127. The summed E-state index contributed by atoms with van der Waals surface area (Å²) < 4.78 is 5.45. The zero-order chi connectivity index (χ0) is 21.5. The lowest BCUT2D eigenvalue weighted by molar-refractivity contribution is -0.136. The van der Waals surface area contributed by atoms with E-state index in [9.17, 15) is 4.79 Å². The van der Waals surface area contributed by atoms with Gasteiger partial charge in [-0.1, -0.05) is 30.3 Å². The smallest absolute Gasteiger partial charge is 0.240 e. The summed E-state index contributed by atoms with van der Waals surface area (Å²) in [5, 5.41) is 3.51. The van der Waals surface area contributed by atoms with Crippen LogP contribution in [-0.2, 0) is 17.8 Å². The van der Waals surface area contributed by atoms with E-state index in [1.807, 2.05) is 35.2 Å². The number of halogens is 1. The molecule has 8 heteroatoms. The van der Waals surface area contributed by atoms with Crippen LogP contribution >= 0.6 is 24.0 Å². The van der Waals surface area contributed by atoms with Gasteiger partial charge in [0.15, 0.2) is 5.96 Å². The molecule has 2 aliphatic heterocycles. The number of piperazine rings is 1. The van der Waals surface area contributed by atoms with Crippen molar-refractivity contribution >= 4 is 35.8 Å². The van der Waals surface area contributed by atoms with Gasteiger partial charge in [0.2, 0.25) is 5.91 Å². The number of hydrogen-bond acceptors (Lipinski definition) is 4. The molecule has 1 aromatic heterocycles. The van der Waals surface area contributed by atoms with E-state index in [1.165, 1.54) is 5.56 Å². The first-order valence-electron chi connectivity index (χ1n) is 11.3. The van der Waals surface area contributed by atoms with Gasteiger partial charge in [0.05, 0.1) is 18.8 Å². The van der Waals surface area contributed by atoms with E-state index < -0.39 is 0 Å². The molecule has 32 heavy (non-hydrogen) atoms. The molecule has 0 aliphatic carbocycles. The monoisotopic (exact) mass is 551 g/mol. The molecule has 1 aromatic carbocycles. The molecule has 174 valence electrons. The largest absolute Gasteiger partial charge is 0.469 e. The van der Waals surface area contributed by atoms with Gasteiger partial charge in [-0.3, -0.25) is 9.69 Å². The highest BCUT2D eigenvalue weighted by Gasteiger charge is 2.33. The molecule has 2 aromatic rings. The first kappa shape index (κ1) is 24.6. The minimum absolute atomic E-state index is 0. The number of rotatable bonds is 6. The Kier molecular flexibility index (Phi) is 9.40. The van der Waals surface area contributed by atoms with E-state index in [4.69, 9.17) is 9.41 Å². The lowest BCUT2D eigenvalue weighted by Gasteiger charge is -2.38. The molecule has 2 aliphatic rings. The maximum atomic E-state index is 12.9. The fourth-order valence-electron chi connectivity index (χ4n) is 4.34. The topological polar surface area (TPSA) is 64.3 Å². The Morgan fingerprint density at radius 1 is 1.06 bits per heavy atom. The molecule has 7 nitrogen and oxygen atoms in total. The SMILES string of the molecule is CN1CCCC1C(=O)N1CCN(C(=NCc2ccccc2)NCCc2ccco2)CC1.I. The number of hydrogen-bond donors (Lipinski definition) is 1. The Bertz CT molecular complexity index is 851. The van der Waals surface area contributed by atoms with Gasteiger partial charge in [-0.2, -0.15) is 0 Å². The Morgan fingerprint density at radius 2 is 1.81 bits per heavy atom. The molecular formula is C24H34IN5O2. The zero-order valence-corrected chi connectivity index (χ0v) is 21.1. The summed E-state index contributed by atoms with van der Waals surface area (Å²) in [5.74, 6) is 2.15. The van der Waals surface area contributed by atoms with Crippen molar-refractivity contribution in [2.75, 3.05) is 46.3 Å². The van der Waals surface area contributed by atoms with Crippen LogP contribution < -0.4 is 5.32 Å². The van der Waals surface area contributed by atoms with Gasteiger partial charge in [0.25, 0.3) is 0 Å². The van der Waals surface area contributed by atoms with Crippen LogP contribution in [0.4, 0.5) is 0 Å². The third-order valence-corrected chi connectivity index (χ3v) is 6.19. The first-order valence-corrected chi connectivity index (χ1v) is 11.3. The molecule has 3 heterocycles. The number of carbonyl (C=O) groups is 1. The van der Waals surface area contributed by atoms with Crippen LogP contribution in [0.3, 0.4) is 0 Å². The molecule has 0 bridgehead atoms. The molecule has 4 rings (SSSR count). The normalized spacial score (nSPS) is 19.7. The molecule has 1 amide bonds.